The molecule has 2 unspecified atom stereocenters. The first-order valence-electron chi connectivity index (χ1n) is 7.38. The molecule has 0 amide bonds. The number of benzene rings is 2. The molecular weight excluding hydrogens is 365 g/mol. The highest BCUT2D eigenvalue weighted by Crippen LogP contribution is 2.45. The first kappa shape index (κ1) is 17.7. The standard InChI is InChI=1S/C17H15ClFN3O2S/c18-15-13(2-1-3-14(15)23)16(25)17(24,8-22-10-20-9-21-22)11-4-6-12(19)7-5-11/h1-7,9-10,16,23-25H,8H2. The average Bonchev–Trinajstić information content (AvgIpc) is 3.10. The van der Waals surface area contributed by atoms with E-state index in [9.17, 15) is 14.6 Å². The molecule has 0 saturated heterocycles. The average molecular weight is 380 g/mol. The monoisotopic (exact) mass is 379 g/mol. The fraction of sp³-hybridized carbons (Fsp3) is 0.176. The Kier molecular flexibility index (Phi) is 4.99. The topological polar surface area (TPSA) is 71.2 Å². The second-order valence-corrected chi connectivity index (χ2v) is 6.50. The van der Waals surface area contributed by atoms with E-state index in [2.05, 4.69) is 22.7 Å². The number of phenolic OH excluding ortho intramolecular Hbond substituents is 1. The van der Waals surface area contributed by atoms with E-state index in [0.29, 0.717) is 11.1 Å². The van der Waals surface area contributed by atoms with Gasteiger partial charge in [-0.3, -0.25) is 0 Å². The Labute approximate surface area is 154 Å². The SMILES string of the molecule is Oc1cccc(C(S)C(O)(Cn2cncn2)c2ccc(F)cc2)c1Cl. The van der Waals surface area contributed by atoms with Crippen molar-refractivity contribution in [3.05, 3.63) is 77.1 Å². The molecular formula is C17H15ClFN3O2S. The van der Waals surface area contributed by atoms with Gasteiger partial charge in [-0.15, -0.1) is 0 Å². The fourth-order valence-corrected chi connectivity index (χ4v) is 3.40. The van der Waals surface area contributed by atoms with Crippen LogP contribution in [0.5, 0.6) is 5.75 Å². The Hall–Kier alpha value is -2.09. The first-order chi connectivity index (χ1) is 11.9. The van der Waals surface area contributed by atoms with Gasteiger partial charge in [-0.05, 0) is 29.3 Å². The second-order valence-electron chi connectivity index (χ2n) is 5.61. The van der Waals surface area contributed by atoms with Gasteiger partial charge in [0.05, 0.1) is 16.8 Å². The molecule has 0 aliphatic rings. The van der Waals surface area contributed by atoms with Crippen molar-refractivity contribution in [2.45, 2.75) is 17.4 Å². The summed E-state index contributed by atoms with van der Waals surface area (Å²) in [7, 11) is 0. The molecule has 25 heavy (non-hydrogen) atoms. The smallest absolute Gasteiger partial charge is 0.137 e. The summed E-state index contributed by atoms with van der Waals surface area (Å²) in [5.74, 6) is -0.529. The third-order valence-corrected chi connectivity index (χ3v) is 5.09. The number of phenols is 1. The van der Waals surface area contributed by atoms with Crippen molar-refractivity contribution >= 4 is 24.2 Å². The molecule has 2 N–H and O–H groups in total. The lowest BCUT2D eigenvalue weighted by Gasteiger charge is -2.34. The summed E-state index contributed by atoms with van der Waals surface area (Å²) in [5, 5.41) is 24.6. The van der Waals surface area contributed by atoms with Crippen LogP contribution in [0.3, 0.4) is 0 Å². The molecule has 0 fully saturated rings. The summed E-state index contributed by atoms with van der Waals surface area (Å²) in [6.45, 7) is 0.0127. The van der Waals surface area contributed by atoms with E-state index in [1.54, 1.807) is 12.1 Å². The Morgan fingerprint density at radius 1 is 1.24 bits per heavy atom. The number of aromatic nitrogens is 3. The molecule has 3 rings (SSSR count). The highest BCUT2D eigenvalue weighted by Gasteiger charge is 2.39. The van der Waals surface area contributed by atoms with Crippen molar-refractivity contribution in [2.24, 2.45) is 0 Å². The molecule has 8 heteroatoms. The van der Waals surface area contributed by atoms with Crippen molar-refractivity contribution in [1.82, 2.24) is 14.8 Å². The first-order valence-corrected chi connectivity index (χ1v) is 8.27. The number of rotatable bonds is 5. The van der Waals surface area contributed by atoms with Gasteiger partial charge < -0.3 is 10.2 Å². The molecule has 1 heterocycles. The molecule has 0 radical (unpaired) electrons. The zero-order chi connectivity index (χ0) is 18.0. The number of aromatic hydroxyl groups is 1. The number of halogens is 2. The van der Waals surface area contributed by atoms with Gasteiger partial charge >= 0.3 is 0 Å². The van der Waals surface area contributed by atoms with E-state index in [1.807, 2.05) is 0 Å². The van der Waals surface area contributed by atoms with E-state index in [4.69, 9.17) is 11.6 Å². The van der Waals surface area contributed by atoms with Gasteiger partial charge in [0.1, 0.15) is 29.8 Å². The summed E-state index contributed by atoms with van der Waals surface area (Å²) in [6.07, 6.45) is 2.80. The minimum Gasteiger partial charge on any atom is -0.506 e. The van der Waals surface area contributed by atoms with Crippen LogP contribution in [0.1, 0.15) is 16.4 Å². The predicted octanol–water partition coefficient (Wildman–Crippen LogP) is 3.34. The Morgan fingerprint density at radius 2 is 1.96 bits per heavy atom. The number of nitrogens with zero attached hydrogens (tertiary/aromatic N) is 3. The van der Waals surface area contributed by atoms with Gasteiger partial charge in [-0.1, -0.05) is 35.9 Å². The van der Waals surface area contributed by atoms with Crippen molar-refractivity contribution in [3.8, 4) is 5.75 Å². The second kappa shape index (κ2) is 7.03. The van der Waals surface area contributed by atoms with Crippen LogP contribution in [0.4, 0.5) is 4.39 Å². The molecule has 2 atom stereocenters. The van der Waals surface area contributed by atoms with Gasteiger partial charge in [0, 0.05) is 0 Å². The molecule has 0 bridgehead atoms. The normalized spacial score (nSPS) is 14.9. The van der Waals surface area contributed by atoms with Crippen LogP contribution in [0, 0.1) is 5.82 Å². The minimum atomic E-state index is -1.58. The molecule has 0 spiro atoms. The van der Waals surface area contributed by atoms with Gasteiger partial charge in [0.15, 0.2) is 0 Å². The molecule has 5 nitrogen and oxygen atoms in total. The molecule has 0 aliphatic carbocycles. The fourth-order valence-electron chi connectivity index (χ4n) is 2.64. The van der Waals surface area contributed by atoms with Gasteiger partial charge in [-0.25, -0.2) is 14.1 Å². The number of thiol groups is 1. The van der Waals surface area contributed by atoms with Gasteiger partial charge in [-0.2, -0.15) is 17.7 Å². The summed E-state index contributed by atoms with van der Waals surface area (Å²) in [6, 6.07) is 10.2. The summed E-state index contributed by atoms with van der Waals surface area (Å²) >= 11 is 10.7. The van der Waals surface area contributed by atoms with E-state index >= 15 is 0 Å². The zero-order valence-corrected chi connectivity index (χ0v) is 14.6. The van der Waals surface area contributed by atoms with Crippen LogP contribution in [0.2, 0.25) is 5.02 Å². The maximum atomic E-state index is 13.3. The van der Waals surface area contributed by atoms with Crippen LogP contribution in [-0.2, 0) is 12.1 Å². The van der Waals surface area contributed by atoms with Gasteiger partial charge in [0.25, 0.3) is 0 Å². The van der Waals surface area contributed by atoms with E-state index < -0.39 is 16.7 Å². The van der Waals surface area contributed by atoms with E-state index in [1.165, 1.54) is 47.7 Å². The molecule has 3 aromatic rings. The van der Waals surface area contributed by atoms with E-state index in [0.717, 1.165) is 0 Å². The minimum absolute atomic E-state index is 0.0127. The largest absolute Gasteiger partial charge is 0.506 e. The lowest BCUT2D eigenvalue weighted by Crippen LogP contribution is -2.36. The van der Waals surface area contributed by atoms with Crippen molar-refractivity contribution in [2.75, 3.05) is 0 Å². The predicted molar refractivity (Wildman–Crippen MR) is 95.2 cm³/mol. The molecule has 1 aromatic heterocycles. The molecule has 2 aromatic carbocycles. The van der Waals surface area contributed by atoms with Crippen molar-refractivity contribution in [3.63, 3.8) is 0 Å². The zero-order valence-electron chi connectivity index (χ0n) is 12.9. The number of hydrogen-bond donors (Lipinski definition) is 3. The maximum Gasteiger partial charge on any atom is 0.137 e. The van der Waals surface area contributed by atoms with E-state index in [-0.39, 0.29) is 17.3 Å². The third kappa shape index (κ3) is 3.49. The van der Waals surface area contributed by atoms with Gasteiger partial charge in [0.2, 0.25) is 0 Å². The Bertz CT molecular complexity index is 861. The van der Waals surface area contributed by atoms with Crippen LogP contribution < -0.4 is 0 Å². The van der Waals surface area contributed by atoms with Crippen molar-refractivity contribution in [1.29, 1.82) is 0 Å². The van der Waals surface area contributed by atoms with Crippen LogP contribution in [0.25, 0.3) is 0 Å². The third-order valence-electron chi connectivity index (χ3n) is 3.97. The lowest BCUT2D eigenvalue weighted by molar-refractivity contribution is 0.0124. The summed E-state index contributed by atoms with van der Waals surface area (Å²) in [4.78, 5) is 3.87. The Morgan fingerprint density at radius 3 is 2.60 bits per heavy atom. The van der Waals surface area contributed by atoms with Crippen molar-refractivity contribution < 1.29 is 14.6 Å². The highest BCUT2D eigenvalue weighted by atomic mass is 35.5. The quantitative estimate of drug-likeness (QED) is 0.595. The van der Waals surface area contributed by atoms with Crippen LogP contribution >= 0.6 is 24.2 Å². The maximum absolute atomic E-state index is 13.3. The molecule has 0 aliphatic heterocycles. The summed E-state index contributed by atoms with van der Waals surface area (Å²) in [5.41, 5.74) is -0.706. The number of hydrogen-bond acceptors (Lipinski definition) is 5. The number of aliphatic hydroxyl groups is 1. The molecule has 0 saturated carbocycles. The molecule has 130 valence electrons. The summed E-state index contributed by atoms with van der Waals surface area (Å²) < 4.78 is 14.8. The lowest BCUT2D eigenvalue weighted by atomic mass is 9.86. The van der Waals surface area contributed by atoms with Crippen LogP contribution in [0.15, 0.2) is 55.1 Å². The van der Waals surface area contributed by atoms with Crippen LogP contribution in [-0.4, -0.2) is 25.0 Å². The highest BCUT2D eigenvalue weighted by molar-refractivity contribution is 7.80. The Balaban J connectivity index is 2.09.